The van der Waals surface area contributed by atoms with Crippen molar-refractivity contribution >= 4 is 11.0 Å². The number of fused-ring (bicyclic) bond motifs is 1. The molecule has 0 saturated carbocycles. The zero-order chi connectivity index (χ0) is 14.7. The largest absolute Gasteiger partial charge is 0.506 e. The van der Waals surface area contributed by atoms with Crippen LogP contribution in [0.2, 0.25) is 0 Å². The molecular weight excluding hydrogens is 260 g/mol. The second-order valence-corrected chi connectivity index (χ2v) is 5.21. The van der Waals surface area contributed by atoms with Gasteiger partial charge in [-0.25, -0.2) is 9.97 Å². The number of hydrogen-bond donors (Lipinski definition) is 1. The molecule has 21 heavy (non-hydrogen) atoms. The maximum atomic E-state index is 10.2. The van der Waals surface area contributed by atoms with Crippen LogP contribution in [-0.2, 0) is 6.42 Å². The van der Waals surface area contributed by atoms with Gasteiger partial charge in [-0.2, -0.15) is 0 Å². The van der Waals surface area contributed by atoms with E-state index in [1.165, 1.54) is 18.4 Å². The maximum absolute atomic E-state index is 10.2. The first kappa shape index (κ1) is 13.6. The standard InChI is InChI=1S/C18H18N2O/c1-2-3-5-13-7-9-14(10-8-13)17-16(21)12-15-6-4-11-19-18(15)20-17/h4,6-12,21H,2-3,5H2,1H3. The average Bonchev–Trinajstić information content (AvgIpc) is 2.53. The molecule has 0 bridgehead atoms. The number of aromatic hydroxyl groups is 1. The number of unbranched alkanes of at least 4 members (excludes halogenated alkanes) is 1. The minimum Gasteiger partial charge on any atom is -0.506 e. The second-order valence-electron chi connectivity index (χ2n) is 5.21. The lowest BCUT2D eigenvalue weighted by Crippen LogP contribution is -1.90. The van der Waals surface area contributed by atoms with Crippen molar-refractivity contribution in [3.05, 3.63) is 54.2 Å². The molecule has 106 valence electrons. The van der Waals surface area contributed by atoms with Crippen molar-refractivity contribution < 1.29 is 5.11 Å². The minimum atomic E-state index is 0.191. The molecule has 0 unspecified atom stereocenters. The summed E-state index contributed by atoms with van der Waals surface area (Å²) in [5.74, 6) is 0.191. The molecule has 0 saturated heterocycles. The number of hydrogen-bond acceptors (Lipinski definition) is 3. The summed E-state index contributed by atoms with van der Waals surface area (Å²) in [6, 6.07) is 13.7. The highest BCUT2D eigenvalue weighted by Crippen LogP contribution is 2.30. The van der Waals surface area contributed by atoms with Crippen LogP contribution in [0.3, 0.4) is 0 Å². The van der Waals surface area contributed by atoms with E-state index >= 15 is 0 Å². The third kappa shape index (κ3) is 2.87. The Kier molecular flexibility index (Phi) is 3.82. The smallest absolute Gasteiger partial charge is 0.160 e. The van der Waals surface area contributed by atoms with Crippen LogP contribution < -0.4 is 0 Å². The molecule has 1 N–H and O–H groups in total. The lowest BCUT2D eigenvalue weighted by molar-refractivity contribution is 0.476. The summed E-state index contributed by atoms with van der Waals surface area (Å²) in [4.78, 5) is 8.72. The Bertz CT molecular complexity index is 751. The second kappa shape index (κ2) is 5.92. The van der Waals surface area contributed by atoms with Gasteiger partial charge in [-0.3, -0.25) is 0 Å². The highest BCUT2D eigenvalue weighted by molar-refractivity contribution is 5.81. The third-order valence-corrected chi connectivity index (χ3v) is 3.62. The first-order chi connectivity index (χ1) is 10.3. The van der Waals surface area contributed by atoms with Gasteiger partial charge in [0, 0.05) is 17.1 Å². The van der Waals surface area contributed by atoms with Gasteiger partial charge in [0.2, 0.25) is 0 Å². The van der Waals surface area contributed by atoms with Crippen LogP contribution in [0, 0.1) is 0 Å². The molecule has 3 rings (SSSR count). The molecule has 0 aliphatic rings. The zero-order valence-electron chi connectivity index (χ0n) is 12.1. The summed E-state index contributed by atoms with van der Waals surface area (Å²) in [6.07, 6.45) is 5.20. The Hall–Kier alpha value is -2.42. The Morgan fingerprint density at radius 3 is 2.67 bits per heavy atom. The monoisotopic (exact) mass is 278 g/mol. The molecule has 1 aromatic carbocycles. The predicted molar refractivity (Wildman–Crippen MR) is 85.3 cm³/mol. The van der Waals surface area contributed by atoms with Crippen molar-refractivity contribution in [3.8, 4) is 17.0 Å². The van der Waals surface area contributed by atoms with Crippen molar-refractivity contribution in [3.63, 3.8) is 0 Å². The van der Waals surface area contributed by atoms with Gasteiger partial charge < -0.3 is 5.11 Å². The van der Waals surface area contributed by atoms with Gasteiger partial charge in [-0.15, -0.1) is 0 Å². The van der Waals surface area contributed by atoms with Crippen molar-refractivity contribution in [1.29, 1.82) is 0 Å². The SMILES string of the molecule is CCCCc1ccc(-c2nc3ncccc3cc2O)cc1. The molecule has 0 spiro atoms. The van der Waals surface area contributed by atoms with E-state index in [9.17, 15) is 5.11 Å². The third-order valence-electron chi connectivity index (χ3n) is 3.62. The van der Waals surface area contributed by atoms with Crippen LogP contribution in [0.5, 0.6) is 5.75 Å². The number of rotatable bonds is 4. The number of nitrogens with zero attached hydrogens (tertiary/aromatic N) is 2. The Labute approximate surface area is 124 Å². The van der Waals surface area contributed by atoms with Crippen molar-refractivity contribution in [1.82, 2.24) is 9.97 Å². The highest BCUT2D eigenvalue weighted by Gasteiger charge is 2.08. The lowest BCUT2D eigenvalue weighted by Gasteiger charge is -2.07. The number of pyridine rings is 2. The molecular formula is C18H18N2O. The number of aromatic nitrogens is 2. The van der Waals surface area contributed by atoms with Crippen molar-refractivity contribution in [2.75, 3.05) is 0 Å². The van der Waals surface area contributed by atoms with Crippen LogP contribution in [0.4, 0.5) is 0 Å². The molecule has 0 aliphatic heterocycles. The van der Waals surface area contributed by atoms with Crippen LogP contribution in [-0.4, -0.2) is 15.1 Å². The van der Waals surface area contributed by atoms with E-state index in [2.05, 4.69) is 29.0 Å². The van der Waals surface area contributed by atoms with Gasteiger partial charge in [-0.1, -0.05) is 37.6 Å². The molecule has 0 radical (unpaired) electrons. The van der Waals surface area contributed by atoms with E-state index in [-0.39, 0.29) is 5.75 Å². The van der Waals surface area contributed by atoms with Crippen LogP contribution in [0.25, 0.3) is 22.3 Å². The first-order valence-corrected chi connectivity index (χ1v) is 7.32. The Balaban J connectivity index is 1.97. The fourth-order valence-electron chi connectivity index (χ4n) is 2.42. The van der Waals surface area contributed by atoms with E-state index in [0.29, 0.717) is 11.3 Å². The summed E-state index contributed by atoms with van der Waals surface area (Å²) in [5, 5.41) is 11.0. The fourth-order valence-corrected chi connectivity index (χ4v) is 2.42. The number of aryl methyl sites for hydroxylation is 1. The van der Waals surface area contributed by atoms with E-state index in [0.717, 1.165) is 17.4 Å². The normalized spacial score (nSPS) is 10.9. The van der Waals surface area contributed by atoms with Gasteiger partial charge in [-0.05, 0) is 36.6 Å². The summed E-state index contributed by atoms with van der Waals surface area (Å²) in [5.41, 5.74) is 3.47. The van der Waals surface area contributed by atoms with E-state index in [1.54, 1.807) is 12.3 Å². The molecule has 0 aliphatic carbocycles. The topological polar surface area (TPSA) is 46.0 Å². The average molecular weight is 278 g/mol. The van der Waals surface area contributed by atoms with Crippen molar-refractivity contribution in [2.24, 2.45) is 0 Å². The molecule has 2 aromatic heterocycles. The van der Waals surface area contributed by atoms with E-state index in [1.807, 2.05) is 24.3 Å². The summed E-state index contributed by atoms with van der Waals surface area (Å²) >= 11 is 0. The molecule has 0 atom stereocenters. The van der Waals surface area contributed by atoms with Crippen LogP contribution >= 0.6 is 0 Å². The lowest BCUT2D eigenvalue weighted by atomic mass is 10.0. The van der Waals surface area contributed by atoms with E-state index < -0.39 is 0 Å². The zero-order valence-corrected chi connectivity index (χ0v) is 12.1. The van der Waals surface area contributed by atoms with Gasteiger partial charge in [0.25, 0.3) is 0 Å². The predicted octanol–water partition coefficient (Wildman–Crippen LogP) is 4.35. The van der Waals surface area contributed by atoms with Crippen LogP contribution in [0.15, 0.2) is 48.7 Å². The summed E-state index contributed by atoms with van der Waals surface area (Å²) in [7, 11) is 0. The van der Waals surface area contributed by atoms with Gasteiger partial charge >= 0.3 is 0 Å². The van der Waals surface area contributed by atoms with Gasteiger partial charge in [0.05, 0.1) is 0 Å². The molecule has 0 amide bonds. The molecule has 3 nitrogen and oxygen atoms in total. The molecule has 3 aromatic rings. The summed E-state index contributed by atoms with van der Waals surface area (Å²) in [6.45, 7) is 2.19. The molecule has 2 heterocycles. The first-order valence-electron chi connectivity index (χ1n) is 7.32. The molecule has 3 heteroatoms. The Morgan fingerprint density at radius 1 is 1.10 bits per heavy atom. The fraction of sp³-hybridized carbons (Fsp3) is 0.222. The maximum Gasteiger partial charge on any atom is 0.160 e. The quantitative estimate of drug-likeness (QED) is 0.772. The minimum absolute atomic E-state index is 0.191. The van der Waals surface area contributed by atoms with Gasteiger partial charge in [0.15, 0.2) is 5.65 Å². The van der Waals surface area contributed by atoms with Crippen LogP contribution in [0.1, 0.15) is 25.3 Å². The molecule has 0 fully saturated rings. The van der Waals surface area contributed by atoms with Crippen molar-refractivity contribution in [2.45, 2.75) is 26.2 Å². The summed E-state index contributed by atoms with van der Waals surface area (Å²) < 4.78 is 0. The van der Waals surface area contributed by atoms with E-state index in [4.69, 9.17) is 0 Å². The Morgan fingerprint density at radius 2 is 1.90 bits per heavy atom. The number of benzene rings is 1. The van der Waals surface area contributed by atoms with Gasteiger partial charge in [0.1, 0.15) is 11.4 Å². The highest BCUT2D eigenvalue weighted by atomic mass is 16.3.